The summed E-state index contributed by atoms with van der Waals surface area (Å²) in [5.41, 5.74) is 6.98. The van der Waals surface area contributed by atoms with Crippen LogP contribution in [0.2, 0.25) is 0 Å². The Hall–Kier alpha value is -1.56. The second-order valence-electron chi connectivity index (χ2n) is 7.27. The van der Waals surface area contributed by atoms with Gasteiger partial charge in [0.2, 0.25) is 0 Å². The van der Waals surface area contributed by atoms with Gasteiger partial charge in [0.1, 0.15) is 0 Å². The molecule has 120 valence electrons. The third-order valence-electron chi connectivity index (χ3n) is 4.25. The fraction of sp³-hybridized carbons (Fsp3) is 0.455. The first kappa shape index (κ1) is 18.5. The van der Waals surface area contributed by atoms with E-state index in [1.807, 2.05) is 6.92 Å². The van der Waals surface area contributed by atoms with Gasteiger partial charge in [0, 0.05) is 0 Å². The van der Waals surface area contributed by atoms with Gasteiger partial charge in [-0.15, -0.1) is 0 Å². The van der Waals surface area contributed by atoms with Crippen molar-refractivity contribution in [2.75, 3.05) is 0 Å². The van der Waals surface area contributed by atoms with E-state index < -0.39 is 0 Å². The largest absolute Gasteiger partial charge is 0.0961 e. The molecule has 0 heterocycles. The summed E-state index contributed by atoms with van der Waals surface area (Å²) in [5, 5.41) is 0. The van der Waals surface area contributed by atoms with E-state index in [1.165, 1.54) is 36.0 Å². The van der Waals surface area contributed by atoms with Crippen molar-refractivity contribution in [2.24, 2.45) is 5.41 Å². The van der Waals surface area contributed by atoms with Crippen molar-refractivity contribution >= 4 is 0 Å². The predicted molar refractivity (Wildman–Crippen MR) is 101 cm³/mol. The van der Waals surface area contributed by atoms with Gasteiger partial charge < -0.3 is 0 Å². The zero-order chi connectivity index (χ0) is 16.8. The van der Waals surface area contributed by atoms with Crippen LogP contribution in [0.15, 0.2) is 70.9 Å². The summed E-state index contributed by atoms with van der Waals surface area (Å²) >= 11 is 0. The number of hydrogen-bond acceptors (Lipinski definition) is 0. The van der Waals surface area contributed by atoms with E-state index in [-0.39, 0.29) is 0 Å². The third kappa shape index (κ3) is 6.05. The Kier molecular flexibility index (Phi) is 6.87. The Morgan fingerprint density at radius 3 is 2.36 bits per heavy atom. The van der Waals surface area contributed by atoms with E-state index in [0.29, 0.717) is 5.41 Å². The molecule has 0 atom stereocenters. The van der Waals surface area contributed by atoms with Gasteiger partial charge in [0.25, 0.3) is 0 Å². The molecule has 0 aromatic carbocycles. The highest BCUT2D eigenvalue weighted by Crippen LogP contribution is 2.40. The van der Waals surface area contributed by atoms with Crippen LogP contribution in [0.5, 0.6) is 0 Å². The van der Waals surface area contributed by atoms with Gasteiger partial charge in [-0.25, -0.2) is 0 Å². The molecule has 0 bridgehead atoms. The van der Waals surface area contributed by atoms with Crippen LogP contribution in [0.1, 0.15) is 60.8 Å². The van der Waals surface area contributed by atoms with E-state index in [2.05, 4.69) is 77.7 Å². The monoisotopic (exact) mass is 296 g/mol. The van der Waals surface area contributed by atoms with Gasteiger partial charge in [0.15, 0.2) is 0 Å². The van der Waals surface area contributed by atoms with Crippen LogP contribution in [0.3, 0.4) is 0 Å². The Balaban J connectivity index is 2.79. The van der Waals surface area contributed by atoms with Crippen LogP contribution < -0.4 is 0 Å². The fourth-order valence-electron chi connectivity index (χ4n) is 3.07. The molecule has 0 saturated heterocycles. The van der Waals surface area contributed by atoms with Gasteiger partial charge in [0.05, 0.1) is 0 Å². The Labute approximate surface area is 137 Å². The maximum Gasteiger partial charge on any atom is -0.0104 e. The van der Waals surface area contributed by atoms with E-state index in [4.69, 9.17) is 0 Å². The maximum absolute atomic E-state index is 3.90. The molecule has 1 aliphatic rings. The summed E-state index contributed by atoms with van der Waals surface area (Å²) in [7, 11) is 0. The zero-order valence-electron chi connectivity index (χ0n) is 15.3. The minimum atomic E-state index is 0.315. The Morgan fingerprint density at radius 1 is 1.09 bits per heavy atom. The molecule has 0 radical (unpaired) electrons. The molecule has 0 nitrogen and oxygen atoms in total. The van der Waals surface area contributed by atoms with Gasteiger partial charge in [-0.3, -0.25) is 0 Å². The second-order valence-corrected chi connectivity index (χ2v) is 7.27. The summed E-state index contributed by atoms with van der Waals surface area (Å²) in [6.45, 7) is 17.2. The van der Waals surface area contributed by atoms with Crippen LogP contribution in [-0.4, -0.2) is 0 Å². The van der Waals surface area contributed by atoms with Crippen LogP contribution in [0.4, 0.5) is 0 Å². The van der Waals surface area contributed by atoms with E-state index in [1.54, 1.807) is 5.57 Å². The first-order valence-electron chi connectivity index (χ1n) is 8.29. The van der Waals surface area contributed by atoms with Crippen molar-refractivity contribution < 1.29 is 0 Å². The molecule has 1 aliphatic carbocycles. The van der Waals surface area contributed by atoms with Gasteiger partial charge >= 0.3 is 0 Å². The zero-order valence-corrected chi connectivity index (χ0v) is 15.3. The highest BCUT2D eigenvalue weighted by Gasteiger charge is 2.26. The van der Waals surface area contributed by atoms with Crippen LogP contribution in [0, 0.1) is 5.41 Å². The van der Waals surface area contributed by atoms with Crippen molar-refractivity contribution in [1.82, 2.24) is 0 Å². The summed E-state index contributed by atoms with van der Waals surface area (Å²) in [6, 6.07) is 0. The summed E-state index contributed by atoms with van der Waals surface area (Å²) in [4.78, 5) is 0. The van der Waals surface area contributed by atoms with Crippen LogP contribution >= 0.6 is 0 Å². The molecule has 0 saturated carbocycles. The average Bonchev–Trinajstić information content (AvgIpc) is 2.36. The molecule has 0 unspecified atom stereocenters. The molecule has 0 N–H and O–H groups in total. The van der Waals surface area contributed by atoms with E-state index in [9.17, 15) is 0 Å². The van der Waals surface area contributed by atoms with Crippen LogP contribution in [0.25, 0.3) is 0 Å². The van der Waals surface area contributed by atoms with E-state index in [0.717, 1.165) is 5.57 Å². The summed E-state index contributed by atoms with van der Waals surface area (Å²) in [5.74, 6) is 0. The number of rotatable bonds is 5. The highest BCUT2D eigenvalue weighted by atomic mass is 14.3. The van der Waals surface area contributed by atoms with Gasteiger partial charge in [-0.05, 0) is 57.9 Å². The van der Waals surface area contributed by atoms with Gasteiger partial charge in [-0.1, -0.05) is 79.2 Å². The lowest BCUT2D eigenvalue weighted by atomic mass is 9.72. The molecule has 0 aromatic rings. The predicted octanol–water partition coefficient (Wildman–Crippen LogP) is 7.09. The van der Waals surface area contributed by atoms with E-state index >= 15 is 0 Å². The molecular formula is C22H32. The minimum absolute atomic E-state index is 0.315. The molecule has 0 aromatic heterocycles. The quantitative estimate of drug-likeness (QED) is 0.475. The maximum atomic E-state index is 3.90. The molecule has 0 heteroatoms. The van der Waals surface area contributed by atoms with Crippen molar-refractivity contribution in [1.29, 1.82) is 0 Å². The summed E-state index contributed by atoms with van der Waals surface area (Å²) in [6.07, 6.45) is 16.9. The fourth-order valence-corrected chi connectivity index (χ4v) is 3.07. The van der Waals surface area contributed by atoms with Crippen molar-refractivity contribution in [3.8, 4) is 0 Å². The number of hydrogen-bond donors (Lipinski definition) is 0. The lowest BCUT2D eigenvalue weighted by Gasteiger charge is -2.32. The molecule has 0 spiro atoms. The first-order valence-corrected chi connectivity index (χ1v) is 8.29. The molecule has 0 aliphatic heterocycles. The summed E-state index contributed by atoms with van der Waals surface area (Å²) < 4.78 is 0. The molecule has 1 rings (SSSR count). The lowest BCUT2D eigenvalue weighted by molar-refractivity contribution is 0.377. The molecule has 22 heavy (non-hydrogen) atoms. The Bertz CT molecular complexity index is 557. The van der Waals surface area contributed by atoms with Crippen molar-refractivity contribution in [2.45, 2.75) is 60.8 Å². The molecular weight excluding hydrogens is 264 g/mol. The first-order chi connectivity index (χ1) is 10.2. The Morgan fingerprint density at radius 2 is 1.77 bits per heavy atom. The standard InChI is InChI=1S/C22H32/c1-17(2)16-19(4)11-8-10-18(3)13-14-21-20(5)12-9-15-22(21,6)7/h8,10-11,13-14,16H,1,9,12,15H2,2-7H3/b11-8+,14-13+,18-10+,19-16+. The second kappa shape index (κ2) is 8.17. The smallest absolute Gasteiger partial charge is 0.0104 e. The van der Waals surface area contributed by atoms with Crippen molar-refractivity contribution in [3.63, 3.8) is 0 Å². The average molecular weight is 296 g/mol. The topological polar surface area (TPSA) is 0 Å². The normalized spacial score (nSPS) is 20.3. The lowest BCUT2D eigenvalue weighted by Crippen LogP contribution is -2.19. The van der Waals surface area contributed by atoms with Gasteiger partial charge in [-0.2, -0.15) is 0 Å². The minimum Gasteiger partial charge on any atom is -0.0961 e. The van der Waals surface area contributed by atoms with Crippen LogP contribution in [-0.2, 0) is 0 Å². The SMILES string of the molecule is C=C(C)/C=C(C)/C=C/C=C(C)/C=C/C1=C(C)CCCC1(C)C. The molecule has 0 fully saturated rings. The molecule has 0 amide bonds. The number of allylic oxidation sites excluding steroid dienone is 11. The highest BCUT2D eigenvalue weighted by molar-refractivity contribution is 5.37. The van der Waals surface area contributed by atoms with Crippen molar-refractivity contribution in [3.05, 3.63) is 70.9 Å². The third-order valence-corrected chi connectivity index (χ3v) is 4.25.